The number of aliphatic hydroxyl groups excluding tert-OH is 1. The van der Waals surface area contributed by atoms with Crippen LogP contribution in [-0.2, 0) is 6.54 Å². The van der Waals surface area contributed by atoms with Gasteiger partial charge in [0.1, 0.15) is 5.82 Å². The molecule has 1 saturated carbocycles. The van der Waals surface area contributed by atoms with Gasteiger partial charge in [-0.15, -0.1) is 0 Å². The fourth-order valence-electron chi connectivity index (χ4n) is 2.81. The molecule has 2 aromatic carbocycles. The number of hydrogen-bond acceptors (Lipinski definition) is 3. The van der Waals surface area contributed by atoms with E-state index in [9.17, 15) is 18.3 Å². The maximum atomic E-state index is 13.0. The number of thioether (sulfide) groups is 1. The van der Waals surface area contributed by atoms with Crippen LogP contribution < -0.4 is 0 Å². The van der Waals surface area contributed by atoms with Crippen LogP contribution in [0.5, 0.6) is 0 Å². The van der Waals surface area contributed by atoms with Crippen molar-refractivity contribution in [3.05, 3.63) is 65.5 Å². The zero-order chi connectivity index (χ0) is 17.8. The van der Waals surface area contributed by atoms with Gasteiger partial charge in [0.2, 0.25) is 0 Å². The Morgan fingerprint density at radius 3 is 2.24 bits per heavy atom. The van der Waals surface area contributed by atoms with Gasteiger partial charge in [-0.3, -0.25) is 4.90 Å². The molecule has 0 aliphatic heterocycles. The molecule has 1 aliphatic carbocycles. The Morgan fingerprint density at radius 1 is 1.04 bits per heavy atom. The van der Waals surface area contributed by atoms with Crippen molar-refractivity contribution in [2.24, 2.45) is 0 Å². The van der Waals surface area contributed by atoms with E-state index in [1.54, 1.807) is 24.3 Å². The molecule has 2 aromatic rings. The average molecular weight is 367 g/mol. The molecule has 0 aromatic heterocycles. The number of aliphatic hydroxyl groups is 1. The highest BCUT2D eigenvalue weighted by Crippen LogP contribution is 2.31. The highest BCUT2D eigenvalue weighted by Gasteiger charge is 2.30. The molecule has 1 atom stereocenters. The van der Waals surface area contributed by atoms with Crippen LogP contribution in [0, 0.1) is 5.82 Å². The van der Waals surface area contributed by atoms with Crippen LogP contribution in [0.2, 0.25) is 0 Å². The molecule has 134 valence electrons. The smallest absolute Gasteiger partial charge is 0.288 e. The molecule has 1 aliphatic rings. The van der Waals surface area contributed by atoms with E-state index in [0.717, 1.165) is 18.4 Å². The lowest BCUT2D eigenvalue weighted by Gasteiger charge is -2.25. The van der Waals surface area contributed by atoms with Gasteiger partial charge < -0.3 is 5.11 Å². The van der Waals surface area contributed by atoms with Crippen molar-refractivity contribution in [2.45, 2.75) is 42.2 Å². The Kier molecular flexibility index (Phi) is 6.04. The van der Waals surface area contributed by atoms with E-state index in [4.69, 9.17) is 0 Å². The van der Waals surface area contributed by atoms with Gasteiger partial charge >= 0.3 is 0 Å². The van der Waals surface area contributed by atoms with E-state index in [1.807, 2.05) is 12.1 Å². The number of halogens is 3. The van der Waals surface area contributed by atoms with Gasteiger partial charge in [0.05, 0.1) is 6.10 Å². The molecule has 0 amide bonds. The lowest BCUT2D eigenvalue weighted by Crippen LogP contribution is -2.30. The maximum absolute atomic E-state index is 13.0. The second kappa shape index (κ2) is 8.25. The summed E-state index contributed by atoms with van der Waals surface area (Å²) in [4.78, 5) is 2.74. The highest BCUT2D eigenvalue weighted by molar-refractivity contribution is 7.99. The maximum Gasteiger partial charge on any atom is 0.288 e. The third-order valence-corrected chi connectivity index (χ3v) is 4.98. The number of nitrogens with zero attached hydrogens (tertiary/aromatic N) is 1. The lowest BCUT2D eigenvalue weighted by atomic mass is 10.1. The number of hydrogen-bond donors (Lipinski definition) is 1. The fourth-order valence-corrected chi connectivity index (χ4v) is 3.30. The summed E-state index contributed by atoms with van der Waals surface area (Å²) in [5, 5.41) is 10.4. The third kappa shape index (κ3) is 5.49. The van der Waals surface area contributed by atoms with Gasteiger partial charge in [-0.1, -0.05) is 36.0 Å². The highest BCUT2D eigenvalue weighted by atomic mass is 32.2. The van der Waals surface area contributed by atoms with E-state index in [0.29, 0.717) is 41.4 Å². The van der Waals surface area contributed by atoms with E-state index >= 15 is 0 Å². The molecule has 0 bridgehead atoms. The summed E-state index contributed by atoms with van der Waals surface area (Å²) in [6.07, 6.45) is 1.50. The van der Waals surface area contributed by atoms with E-state index in [1.165, 1.54) is 12.1 Å². The Balaban J connectivity index is 1.62. The topological polar surface area (TPSA) is 23.5 Å². The summed E-state index contributed by atoms with van der Waals surface area (Å²) in [5.41, 5.74) is 1.72. The monoisotopic (exact) mass is 367 g/mol. The van der Waals surface area contributed by atoms with Gasteiger partial charge in [0.15, 0.2) is 0 Å². The molecule has 0 spiro atoms. The molecule has 1 fully saturated rings. The van der Waals surface area contributed by atoms with Gasteiger partial charge in [0, 0.05) is 24.0 Å². The molecule has 6 heteroatoms. The Labute approximate surface area is 149 Å². The van der Waals surface area contributed by atoms with E-state index < -0.39 is 11.9 Å². The SMILES string of the molecule is OC(CN(Cc1ccc(SC(F)F)cc1)C1CC1)c1ccc(F)cc1. The fraction of sp³-hybridized carbons (Fsp3) is 0.368. The van der Waals surface area contributed by atoms with Crippen molar-refractivity contribution in [3.8, 4) is 0 Å². The minimum Gasteiger partial charge on any atom is -0.387 e. The molecule has 0 saturated heterocycles. The number of alkyl halides is 2. The summed E-state index contributed by atoms with van der Waals surface area (Å²) < 4.78 is 37.8. The van der Waals surface area contributed by atoms with Crippen LogP contribution in [0.3, 0.4) is 0 Å². The van der Waals surface area contributed by atoms with Gasteiger partial charge in [-0.05, 0) is 48.2 Å². The van der Waals surface area contributed by atoms with Gasteiger partial charge in [-0.25, -0.2) is 4.39 Å². The zero-order valence-electron chi connectivity index (χ0n) is 13.6. The minimum atomic E-state index is -2.42. The van der Waals surface area contributed by atoms with Crippen LogP contribution in [0.25, 0.3) is 0 Å². The molecule has 25 heavy (non-hydrogen) atoms. The molecule has 2 nitrogen and oxygen atoms in total. The van der Waals surface area contributed by atoms with Crippen LogP contribution >= 0.6 is 11.8 Å². The molecule has 1 N–H and O–H groups in total. The molecule has 0 radical (unpaired) electrons. The van der Waals surface area contributed by atoms with Crippen LogP contribution in [0.4, 0.5) is 13.2 Å². The second-order valence-corrected chi connectivity index (χ2v) is 7.31. The second-order valence-electron chi connectivity index (χ2n) is 6.25. The third-order valence-electron chi connectivity index (χ3n) is 4.26. The molecular weight excluding hydrogens is 347 g/mol. The summed E-state index contributed by atoms with van der Waals surface area (Å²) >= 11 is 0.536. The first-order chi connectivity index (χ1) is 12.0. The lowest BCUT2D eigenvalue weighted by molar-refractivity contribution is 0.104. The number of benzene rings is 2. The van der Waals surface area contributed by atoms with E-state index in [-0.39, 0.29) is 5.82 Å². The van der Waals surface area contributed by atoms with Crippen molar-refractivity contribution in [1.29, 1.82) is 0 Å². The standard InChI is InChI=1S/C19H20F3NOS/c20-15-5-3-14(4-6-15)18(24)12-23(16-7-8-16)11-13-1-9-17(10-2-13)25-19(21)22/h1-6,9-10,16,18-19,24H,7-8,11-12H2. The quantitative estimate of drug-likeness (QED) is 0.676. The largest absolute Gasteiger partial charge is 0.387 e. The summed E-state index contributed by atoms with van der Waals surface area (Å²) in [7, 11) is 0. The van der Waals surface area contributed by atoms with Crippen LogP contribution in [-0.4, -0.2) is 28.4 Å². The summed E-state index contributed by atoms with van der Waals surface area (Å²) in [6.45, 7) is 1.12. The first-order valence-electron chi connectivity index (χ1n) is 8.22. The van der Waals surface area contributed by atoms with Crippen molar-refractivity contribution in [2.75, 3.05) is 6.54 Å². The minimum absolute atomic E-state index is 0.322. The van der Waals surface area contributed by atoms with Crippen LogP contribution in [0.1, 0.15) is 30.1 Å². The normalized spacial score (nSPS) is 15.8. The molecule has 3 rings (SSSR count). The number of rotatable bonds is 8. The Hall–Kier alpha value is -1.50. The van der Waals surface area contributed by atoms with Crippen molar-refractivity contribution in [1.82, 2.24) is 4.90 Å². The van der Waals surface area contributed by atoms with E-state index in [2.05, 4.69) is 4.90 Å². The first-order valence-corrected chi connectivity index (χ1v) is 9.10. The van der Waals surface area contributed by atoms with Gasteiger partial charge in [0.25, 0.3) is 5.76 Å². The van der Waals surface area contributed by atoms with Crippen molar-refractivity contribution in [3.63, 3.8) is 0 Å². The van der Waals surface area contributed by atoms with Crippen molar-refractivity contribution >= 4 is 11.8 Å². The van der Waals surface area contributed by atoms with Crippen molar-refractivity contribution < 1.29 is 18.3 Å². The Morgan fingerprint density at radius 2 is 1.68 bits per heavy atom. The van der Waals surface area contributed by atoms with Gasteiger partial charge in [-0.2, -0.15) is 8.78 Å². The predicted molar refractivity (Wildman–Crippen MR) is 93.1 cm³/mol. The first kappa shape index (κ1) is 18.3. The van der Waals surface area contributed by atoms with Crippen LogP contribution in [0.15, 0.2) is 53.4 Å². The zero-order valence-corrected chi connectivity index (χ0v) is 14.4. The Bertz CT molecular complexity index is 674. The molecular formula is C19H20F3NOS. The predicted octanol–water partition coefficient (Wildman–Crippen LogP) is 4.84. The average Bonchev–Trinajstić information content (AvgIpc) is 3.41. The molecule has 0 heterocycles. The molecule has 1 unspecified atom stereocenters. The summed E-state index contributed by atoms with van der Waals surface area (Å²) in [5.74, 6) is -2.74. The summed E-state index contributed by atoms with van der Waals surface area (Å²) in [6, 6.07) is 13.4.